The number of esters is 1. The van der Waals surface area contributed by atoms with Gasteiger partial charge in [0.15, 0.2) is 0 Å². The fourth-order valence-corrected chi connectivity index (χ4v) is 5.04. The highest BCUT2D eigenvalue weighted by Gasteiger charge is 2.42. The van der Waals surface area contributed by atoms with Gasteiger partial charge in [0, 0.05) is 24.5 Å². The molecule has 0 amide bonds. The molecular formula is C18H26ClNO3S. The molecule has 134 valence electrons. The Balaban J connectivity index is 1.54. The molecule has 0 N–H and O–H groups in total. The van der Waals surface area contributed by atoms with Crippen molar-refractivity contribution in [2.45, 2.75) is 57.7 Å². The average molecular weight is 372 g/mol. The van der Waals surface area contributed by atoms with E-state index in [1.54, 1.807) is 11.3 Å². The van der Waals surface area contributed by atoms with Gasteiger partial charge in [0.2, 0.25) is 0 Å². The molecule has 0 aromatic carbocycles. The fraction of sp³-hybridized carbons (Fsp3) is 0.722. The maximum absolute atomic E-state index is 11.9. The Hall–Kier alpha value is -0.620. The van der Waals surface area contributed by atoms with E-state index in [1.807, 2.05) is 20.8 Å². The second-order valence-electron chi connectivity index (χ2n) is 7.68. The van der Waals surface area contributed by atoms with Gasteiger partial charge >= 0.3 is 5.97 Å². The third-order valence-corrected chi connectivity index (χ3v) is 6.15. The number of nitrogens with zero attached hydrogens (tertiary/aromatic N) is 1. The Morgan fingerprint density at radius 1 is 1.42 bits per heavy atom. The molecule has 0 atom stereocenters. The molecule has 0 saturated carbocycles. The molecule has 0 radical (unpaired) electrons. The van der Waals surface area contributed by atoms with Gasteiger partial charge in [0.25, 0.3) is 0 Å². The van der Waals surface area contributed by atoms with Gasteiger partial charge in [-0.2, -0.15) is 0 Å². The minimum absolute atomic E-state index is 0.121. The van der Waals surface area contributed by atoms with Crippen molar-refractivity contribution in [3.8, 4) is 0 Å². The molecule has 6 heteroatoms. The lowest BCUT2D eigenvalue weighted by atomic mass is 9.85. The van der Waals surface area contributed by atoms with Crippen LogP contribution in [0.3, 0.4) is 0 Å². The summed E-state index contributed by atoms with van der Waals surface area (Å²) in [5, 5.41) is 0. The maximum atomic E-state index is 11.9. The van der Waals surface area contributed by atoms with Crippen LogP contribution < -0.4 is 0 Å². The van der Waals surface area contributed by atoms with Crippen molar-refractivity contribution < 1.29 is 14.3 Å². The molecule has 4 nitrogen and oxygen atoms in total. The number of hydrogen-bond donors (Lipinski definition) is 0. The number of piperidine rings is 1. The Morgan fingerprint density at radius 2 is 2.12 bits per heavy atom. The number of rotatable bonds is 3. The van der Waals surface area contributed by atoms with E-state index in [0.717, 1.165) is 49.8 Å². The third kappa shape index (κ3) is 4.13. The molecule has 0 bridgehead atoms. The first-order valence-electron chi connectivity index (χ1n) is 8.64. The SMILES string of the molecule is CC(C)(C)OC(=O)CCN1CCC2(CC1)OCCc1cc(Cl)sc12. The number of halogens is 1. The van der Waals surface area contributed by atoms with Crippen molar-refractivity contribution >= 4 is 28.9 Å². The van der Waals surface area contributed by atoms with Crippen molar-refractivity contribution in [3.63, 3.8) is 0 Å². The van der Waals surface area contributed by atoms with Gasteiger partial charge in [-0.05, 0) is 51.7 Å². The normalized spacial score (nSPS) is 20.8. The van der Waals surface area contributed by atoms with Gasteiger partial charge in [-0.1, -0.05) is 11.6 Å². The Kier molecular flexibility index (Phi) is 5.26. The third-order valence-electron chi connectivity index (χ3n) is 4.66. The molecule has 0 unspecified atom stereocenters. The van der Waals surface area contributed by atoms with E-state index >= 15 is 0 Å². The number of hydrogen-bond acceptors (Lipinski definition) is 5. The van der Waals surface area contributed by atoms with Gasteiger partial charge < -0.3 is 14.4 Å². The van der Waals surface area contributed by atoms with Crippen LogP contribution >= 0.6 is 22.9 Å². The summed E-state index contributed by atoms with van der Waals surface area (Å²) in [4.78, 5) is 15.5. The summed E-state index contributed by atoms with van der Waals surface area (Å²) in [6, 6.07) is 2.10. The molecule has 0 aliphatic carbocycles. The van der Waals surface area contributed by atoms with E-state index in [-0.39, 0.29) is 11.6 Å². The quantitative estimate of drug-likeness (QED) is 0.753. The Morgan fingerprint density at radius 3 is 2.79 bits per heavy atom. The molecule has 2 aliphatic rings. The number of carbonyl (C=O) groups excluding carboxylic acids is 1. The lowest BCUT2D eigenvalue weighted by Gasteiger charge is -2.43. The van der Waals surface area contributed by atoms with Crippen LogP contribution in [-0.4, -0.2) is 42.7 Å². The van der Waals surface area contributed by atoms with Crippen LogP contribution in [-0.2, 0) is 26.3 Å². The highest BCUT2D eigenvalue weighted by Crippen LogP contribution is 2.46. The lowest BCUT2D eigenvalue weighted by molar-refractivity contribution is -0.155. The minimum atomic E-state index is -0.409. The standard InChI is InChI=1S/C18H26ClNO3S/c1-17(2,3)23-15(21)4-8-20-9-6-18(7-10-20)16-13(5-11-22-18)12-14(19)24-16/h12H,4-11H2,1-3H3. The average Bonchev–Trinajstić information content (AvgIpc) is 2.87. The summed E-state index contributed by atoms with van der Waals surface area (Å²) in [6.45, 7) is 9.12. The smallest absolute Gasteiger partial charge is 0.307 e. The van der Waals surface area contributed by atoms with Crippen molar-refractivity contribution in [2.24, 2.45) is 0 Å². The van der Waals surface area contributed by atoms with Gasteiger partial charge in [-0.15, -0.1) is 11.3 Å². The van der Waals surface area contributed by atoms with E-state index < -0.39 is 5.60 Å². The second-order valence-corrected chi connectivity index (χ2v) is 9.36. The van der Waals surface area contributed by atoms with Gasteiger partial charge in [-0.25, -0.2) is 0 Å². The van der Waals surface area contributed by atoms with Crippen molar-refractivity contribution in [1.82, 2.24) is 4.90 Å². The van der Waals surface area contributed by atoms with Crippen LogP contribution in [0.15, 0.2) is 6.07 Å². The van der Waals surface area contributed by atoms with E-state index in [9.17, 15) is 4.79 Å². The zero-order valence-corrected chi connectivity index (χ0v) is 16.3. The van der Waals surface area contributed by atoms with Crippen LogP contribution in [0.5, 0.6) is 0 Å². The van der Waals surface area contributed by atoms with Gasteiger partial charge in [0.1, 0.15) is 11.2 Å². The van der Waals surface area contributed by atoms with Crippen LogP contribution in [0.2, 0.25) is 4.34 Å². The fourth-order valence-electron chi connectivity index (χ4n) is 3.54. The molecule has 24 heavy (non-hydrogen) atoms. The van der Waals surface area contributed by atoms with Crippen LogP contribution in [0.1, 0.15) is 50.5 Å². The molecule has 1 aromatic rings. The topological polar surface area (TPSA) is 38.8 Å². The summed E-state index contributed by atoms with van der Waals surface area (Å²) in [7, 11) is 0. The van der Waals surface area contributed by atoms with Crippen LogP contribution in [0.4, 0.5) is 0 Å². The van der Waals surface area contributed by atoms with Crippen molar-refractivity contribution in [2.75, 3.05) is 26.2 Å². The predicted octanol–water partition coefficient (Wildman–Crippen LogP) is 4.00. The highest BCUT2D eigenvalue weighted by molar-refractivity contribution is 7.16. The van der Waals surface area contributed by atoms with Gasteiger partial charge in [-0.3, -0.25) is 4.79 Å². The second kappa shape index (κ2) is 6.94. The molecule has 1 fully saturated rings. The predicted molar refractivity (Wildman–Crippen MR) is 96.8 cm³/mol. The summed E-state index contributed by atoms with van der Waals surface area (Å²) < 4.78 is 12.5. The highest BCUT2D eigenvalue weighted by atomic mass is 35.5. The van der Waals surface area contributed by atoms with Crippen molar-refractivity contribution in [1.29, 1.82) is 0 Å². The first-order chi connectivity index (χ1) is 11.3. The van der Waals surface area contributed by atoms with Crippen molar-refractivity contribution in [3.05, 3.63) is 20.8 Å². The lowest BCUT2D eigenvalue weighted by Crippen LogP contribution is -2.46. The molecule has 2 aliphatic heterocycles. The molecule has 1 aromatic heterocycles. The zero-order chi connectivity index (χ0) is 17.4. The first kappa shape index (κ1) is 18.2. The van der Waals surface area contributed by atoms with Crippen LogP contribution in [0, 0.1) is 0 Å². The van der Waals surface area contributed by atoms with Crippen LogP contribution in [0.25, 0.3) is 0 Å². The zero-order valence-electron chi connectivity index (χ0n) is 14.7. The molecular weight excluding hydrogens is 346 g/mol. The van der Waals surface area contributed by atoms with E-state index in [4.69, 9.17) is 21.1 Å². The number of fused-ring (bicyclic) bond motifs is 2. The first-order valence-corrected chi connectivity index (χ1v) is 9.84. The van der Waals surface area contributed by atoms with E-state index in [2.05, 4.69) is 11.0 Å². The van der Waals surface area contributed by atoms with E-state index in [1.165, 1.54) is 10.4 Å². The summed E-state index contributed by atoms with van der Waals surface area (Å²) in [6.07, 6.45) is 3.33. The van der Waals surface area contributed by atoms with Gasteiger partial charge in [0.05, 0.1) is 17.4 Å². The largest absolute Gasteiger partial charge is 0.460 e. The molecule has 3 heterocycles. The number of ether oxygens (including phenoxy) is 2. The Bertz CT molecular complexity index is 600. The summed E-state index contributed by atoms with van der Waals surface area (Å²) in [5.74, 6) is -0.121. The monoisotopic (exact) mass is 371 g/mol. The summed E-state index contributed by atoms with van der Waals surface area (Å²) in [5.41, 5.74) is 0.792. The minimum Gasteiger partial charge on any atom is -0.460 e. The number of thiophene rings is 1. The molecule has 1 spiro atoms. The molecule has 1 saturated heterocycles. The van der Waals surface area contributed by atoms with E-state index in [0.29, 0.717) is 6.42 Å². The number of likely N-dealkylation sites (tertiary alicyclic amines) is 1. The summed E-state index contributed by atoms with van der Waals surface area (Å²) >= 11 is 7.89. The Labute approximate surface area is 153 Å². The maximum Gasteiger partial charge on any atom is 0.307 e. The molecule has 3 rings (SSSR count). The number of carbonyl (C=O) groups is 1.